The third-order valence-corrected chi connectivity index (χ3v) is 3.17. The molecular weight excluding hydrogens is 326 g/mol. The number of aryl methyl sites for hydroxylation is 1. The molecule has 2 aromatic rings. The fourth-order valence-corrected chi connectivity index (χ4v) is 2.28. The number of rotatable bonds is 2. The van der Waals surface area contributed by atoms with Gasteiger partial charge in [0.25, 0.3) is 0 Å². The Labute approximate surface area is 129 Å². The molecule has 3 nitrogen and oxygen atoms in total. The first-order chi connectivity index (χ1) is 9.62. The molecule has 0 unspecified atom stereocenters. The van der Waals surface area contributed by atoms with Crippen molar-refractivity contribution in [3.05, 3.63) is 52.6 Å². The molecule has 0 saturated carbocycles. The monoisotopic (exact) mass is 337 g/mol. The van der Waals surface area contributed by atoms with Crippen molar-refractivity contribution in [2.45, 2.75) is 20.0 Å². The number of aromatic carboxylic acids is 1. The Kier molecular flexibility index (Phi) is 4.92. The van der Waals surface area contributed by atoms with Crippen LogP contribution in [0.3, 0.4) is 0 Å². The second-order valence-corrected chi connectivity index (χ2v) is 4.58. The van der Waals surface area contributed by atoms with E-state index >= 15 is 0 Å². The average molecular weight is 338 g/mol. The highest BCUT2D eigenvalue weighted by molar-refractivity contribution is 5.89. The molecule has 0 aliphatic carbocycles. The number of carboxylic acids is 1. The minimum atomic E-state index is -4.75. The number of aromatic nitrogens is 1. The topological polar surface area (TPSA) is 42.2 Å². The van der Waals surface area contributed by atoms with Crippen molar-refractivity contribution in [1.82, 2.24) is 4.57 Å². The number of hydrogen-bond acceptors (Lipinski definition) is 1. The van der Waals surface area contributed by atoms with Gasteiger partial charge in [-0.05, 0) is 38.1 Å². The zero-order valence-electron chi connectivity index (χ0n) is 11.5. The van der Waals surface area contributed by atoms with Gasteiger partial charge in [-0.2, -0.15) is 13.2 Å². The SMILES string of the molecule is Cc1cc(C(=O)O)c(C)n1-c1ccc(F)cc1C(F)(F)F.Cl. The maximum atomic E-state index is 13.1. The number of benzene rings is 1. The van der Waals surface area contributed by atoms with Gasteiger partial charge in [0.2, 0.25) is 0 Å². The van der Waals surface area contributed by atoms with Gasteiger partial charge in [0.05, 0.1) is 16.8 Å². The van der Waals surface area contributed by atoms with Gasteiger partial charge in [0.15, 0.2) is 0 Å². The molecule has 0 fully saturated rings. The highest BCUT2D eigenvalue weighted by atomic mass is 35.5. The second kappa shape index (κ2) is 6.00. The van der Waals surface area contributed by atoms with Crippen LogP contribution in [0.4, 0.5) is 17.6 Å². The van der Waals surface area contributed by atoms with E-state index in [1.165, 1.54) is 19.9 Å². The fourth-order valence-electron chi connectivity index (χ4n) is 2.28. The van der Waals surface area contributed by atoms with E-state index in [-0.39, 0.29) is 29.4 Å². The highest BCUT2D eigenvalue weighted by Gasteiger charge is 2.35. The van der Waals surface area contributed by atoms with Gasteiger partial charge in [-0.3, -0.25) is 0 Å². The zero-order chi connectivity index (χ0) is 15.9. The fraction of sp³-hybridized carbons (Fsp3) is 0.214. The molecular formula is C14H12ClF4NO2. The average Bonchev–Trinajstić information content (AvgIpc) is 2.64. The zero-order valence-corrected chi connectivity index (χ0v) is 12.3. The lowest BCUT2D eigenvalue weighted by atomic mass is 10.1. The standard InChI is InChI=1S/C14H11F4NO2.ClH/c1-7-5-10(13(20)21)8(2)19(7)12-4-3-9(15)6-11(12)14(16,17)18;/h3-6H,1-2H3,(H,20,21);1H. The van der Waals surface area contributed by atoms with Crippen LogP contribution in [-0.4, -0.2) is 15.6 Å². The lowest BCUT2D eigenvalue weighted by Crippen LogP contribution is -2.13. The van der Waals surface area contributed by atoms with E-state index in [2.05, 4.69) is 0 Å². The van der Waals surface area contributed by atoms with Crippen LogP contribution in [0, 0.1) is 19.7 Å². The van der Waals surface area contributed by atoms with Crippen LogP contribution in [0.25, 0.3) is 5.69 Å². The number of hydrogen-bond donors (Lipinski definition) is 1. The van der Waals surface area contributed by atoms with E-state index in [0.29, 0.717) is 11.8 Å². The van der Waals surface area contributed by atoms with Gasteiger partial charge in [0.1, 0.15) is 5.82 Å². The Hall–Kier alpha value is -2.02. The molecule has 1 N–H and O–H groups in total. The molecule has 0 bridgehead atoms. The summed E-state index contributed by atoms with van der Waals surface area (Å²) in [6, 6.07) is 3.57. The van der Waals surface area contributed by atoms with Crippen LogP contribution in [0.2, 0.25) is 0 Å². The summed E-state index contributed by atoms with van der Waals surface area (Å²) in [7, 11) is 0. The maximum absolute atomic E-state index is 13.1. The van der Waals surface area contributed by atoms with Gasteiger partial charge < -0.3 is 9.67 Å². The molecule has 0 amide bonds. The van der Waals surface area contributed by atoms with Crippen molar-refractivity contribution in [2.24, 2.45) is 0 Å². The van der Waals surface area contributed by atoms with Crippen LogP contribution in [0.1, 0.15) is 27.3 Å². The minimum Gasteiger partial charge on any atom is -0.478 e. The molecule has 1 aromatic carbocycles. The van der Waals surface area contributed by atoms with Crippen molar-refractivity contribution < 1.29 is 27.5 Å². The molecule has 1 aromatic heterocycles. The third-order valence-electron chi connectivity index (χ3n) is 3.17. The van der Waals surface area contributed by atoms with E-state index in [1.807, 2.05) is 0 Å². The van der Waals surface area contributed by atoms with E-state index in [0.717, 1.165) is 16.7 Å². The van der Waals surface area contributed by atoms with Crippen LogP contribution >= 0.6 is 12.4 Å². The number of carboxylic acid groups (broad SMARTS) is 1. The molecule has 1 heterocycles. The summed E-state index contributed by atoms with van der Waals surface area (Å²) in [6.45, 7) is 2.89. The molecule has 22 heavy (non-hydrogen) atoms. The molecule has 0 spiro atoms. The Balaban J connectivity index is 0.00000242. The van der Waals surface area contributed by atoms with E-state index in [9.17, 15) is 22.4 Å². The summed E-state index contributed by atoms with van der Waals surface area (Å²) >= 11 is 0. The minimum absolute atomic E-state index is 0. The van der Waals surface area contributed by atoms with Crippen molar-refractivity contribution in [3.63, 3.8) is 0 Å². The summed E-state index contributed by atoms with van der Waals surface area (Å²) in [5, 5.41) is 9.03. The van der Waals surface area contributed by atoms with Crippen molar-refractivity contribution in [3.8, 4) is 5.69 Å². The van der Waals surface area contributed by atoms with Crippen molar-refractivity contribution in [2.75, 3.05) is 0 Å². The van der Waals surface area contributed by atoms with E-state index in [4.69, 9.17) is 5.11 Å². The van der Waals surface area contributed by atoms with Crippen LogP contribution in [-0.2, 0) is 6.18 Å². The maximum Gasteiger partial charge on any atom is 0.418 e. The predicted octanol–water partition coefficient (Wildman–Crippen LogP) is 4.37. The van der Waals surface area contributed by atoms with Crippen LogP contribution < -0.4 is 0 Å². The molecule has 0 saturated heterocycles. The Bertz CT molecular complexity index is 722. The summed E-state index contributed by atoms with van der Waals surface area (Å²) in [4.78, 5) is 11.1. The smallest absolute Gasteiger partial charge is 0.418 e. The van der Waals surface area contributed by atoms with Crippen molar-refractivity contribution in [1.29, 1.82) is 0 Å². The molecule has 8 heteroatoms. The third kappa shape index (κ3) is 3.09. The summed E-state index contributed by atoms with van der Waals surface area (Å²) in [6.07, 6.45) is -4.75. The number of halogens is 5. The number of nitrogens with zero attached hydrogens (tertiary/aromatic N) is 1. The second-order valence-electron chi connectivity index (χ2n) is 4.58. The highest BCUT2D eigenvalue weighted by Crippen LogP contribution is 2.36. The molecule has 0 radical (unpaired) electrons. The molecule has 2 rings (SSSR count). The summed E-state index contributed by atoms with van der Waals surface area (Å²) < 4.78 is 53.4. The molecule has 0 aliphatic heterocycles. The van der Waals surface area contributed by atoms with E-state index < -0.39 is 23.5 Å². The molecule has 0 aliphatic rings. The Morgan fingerprint density at radius 2 is 1.77 bits per heavy atom. The van der Waals surface area contributed by atoms with Gasteiger partial charge in [-0.15, -0.1) is 12.4 Å². The largest absolute Gasteiger partial charge is 0.478 e. The first-order valence-corrected chi connectivity index (χ1v) is 5.92. The number of alkyl halides is 3. The first-order valence-electron chi connectivity index (χ1n) is 5.92. The van der Waals surface area contributed by atoms with Gasteiger partial charge >= 0.3 is 12.1 Å². The summed E-state index contributed by atoms with van der Waals surface area (Å²) in [5.74, 6) is -2.24. The predicted molar refractivity (Wildman–Crippen MR) is 74.4 cm³/mol. The lowest BCUT2D eigenvalue weighted by molar-refractivity contribution is -0.137. The molecule has 0 atom stereocenters. The molecule has 120 valence electrons. The summed E-state index contributed by atoms with van der Waals surface area (Å²) in [5.41, 5.74) is -1.07. The normalized spacial score (nSPS) is 11.2. The quantitative estimate of drug-likeness (QED) is 0.827. The Morgan fingerprint density at radius 3 is 2.23 bits per heavy atom. The lowest BCUT2D eigenvalue weighted by Gasteiger charge is -2.17. The van der Waals surface area contributed by atoms with Gasteiger partial charge in [-0.25, -0.2) is 9.18 Å². The van der Waals surface area contributed by atoms with Crippen LogP contribution in [0.15, 0.2) is 24.3 Å². The number of carbonyl (C=O) groups is 1. The van der Waals surface area contributed by atoms with Gasteiger partial charge in [-0.1, -0.05) is 0 Å². The first kappa shape index (κ1) is 18.0. The van der Waals surface area contributed by atoms with Crippen molar-refractivity contribution >= 4 is 18.4 Å². The van der Waals surface area contributed by atoms with E-state index in [1.54, 1.807) is 0 Å². The van der Waals surface area contributed by atoms with Gasteiger partial charge in [0, 0.05) is 11.4 Å². The Morgan fingerprint density at radius 1 is 1.18 bits per heavy atom. The van der Waals surface area contributed by atoms with Crippen LogP contribution in [0.5, 0.6) is 0 Å².